The first kappa shape index (κ1) is 55.7. The van der Waals surface area contributed by atoms with Crippen molar-refractivity contribution in [3.05, 3.63) is 60.8 Å². The molecule has 9 nitrogen and oxygen atoms in total. The number of carbonyl (C=O) groups is 2. The number of ether oxygens (including phenoxy) is 2. The van der Waals surface area contributed by atoms with E-state index >= 15 is 0 Å². The highest BCUT2D eigenvalue weighted by Crippen LogP contribution is 2.43. The fourth-order valence-electron chi connectivity index (χ4n) is 5.88. The van der Waals surface area contributed by atoms with Gasteiger partial charge in [0.05, 0.1) is 27.7 Å². The normalized spacial score (nSPS) is 14.1. The lowest BCUT2D eigenvalue weighted by Gasteiger charge is -2.24. The topological polar surface area (TPSA) is 108 Å². The van der Waals surface area contributed by atoms with E-state index in [0.717, 1.165) is 57.8 Å². The average molecular weight is 837 g/mol. The molecule has 0 bridgehead atoms. The van der Waals surface area contributed by atoms with Gasteiger partial charge in [0.15, 0.2) is 6.10 Å². The number of unbranched alkanes of at least 4 members (excludes halogenated alkanes) is 17. The van der Waals surface area contributed by atoms with Crippen LogP contribution in [0.3, 0.4) is 0 Å². The van der Waals surface area contributed by atoms with Crippen LogP contribution in [0.15, 0.2) is 60.8 Å². The quantitative estimate of drug-likeness (QED) is 0.0213. The maximum Gasteiger partial charge on any atom is 0.472 e. The standard InChI is InChI=1S/C48H86NO8P/c1-6-8-10-12-14-16-18-20-22-24-26-28-30-32-34-36-38-40-47(50)54-44-46(45-56-58(52,53)55-43-42-49(3,4)5)57-48(51)41-39-37-35-33-31-29-27-25-23-21-19-17-15-13-11-9-7-2/h15,17,20-23,26,28,32,34,46H,6-14,16,18-19,24-25,27,29-31,33,35-45H2,1-5H3/p+1/b17-15+,22-20+,23-21+,28-26+,34-32+/t46-/m1/s1. The summed E-state index contributed by atoms with van der Waals surface area (Å²) in [6.45, 7) is 4.32. The third kappa shape index (κ3) is 43.3. The van der Waals surface area contributed by atoms with E-state index in [9.17, 15) is 19.0 Å². The number of rotatable bonds is 41. The second-order valence-electron chi connectivity index (χ2n) is 16.4. The smallest absolute Gasteiger partial charge is 0.462 e. The summed E-state index contributed by atoms with van der Waals surface area (Å²) in [6, 6.07) is 0. The van der Waals surface area contributed by atoms with Crippen molar-refractivity contribution in [3.63, 3.8) is 0 Å². The number of nitrogens with zero attached hydrogens (tertiary/aromatic N) is 1. The van der Waals surface area contributed by atoms with E-state index in [2.05, 4.69) is 74.6 Å². The van der Waals surface area contributed by atoms with Crippen molar-refractivity contribution in [3.8, 4) is 0 Å². The Kier molecular flexibility index (Phi) is 38.5. The summed E-state index contributed by atoms with van der Waals surface area (Å²) in [6.07, 6.45) is 48.4. The van der Waals surface area contributed by atoms with Crippen LogP contribution in [0, 0.1) is 0 Å². The molecule has 0 aromatic carbocycles. The lowest BCUT2D eigenvalue weighted by atomic mass is 10.1. The third-order valence-corrected chi connectivity index (χ3v) is 10.5. The maximum absolute atomic E-state index is 12.7. The summed E-state index contributed by atoms with van der Waals surface area (Å²) in [5.41, 5.74) is 0. The molecule has 58 heavy (non-hydrogen) atoms. The molecule has 0 aliphatic carbocycles. The largest absolute Gasteiger partial charge is 0.472 e. The van der Waals surface area contributed by atoms with E-state index in [1.807, 2.05) is 21.1 Å². The molecule has 0 amide bonds. The Morgan fingerprint density at radius 1 is 0.534 bits per heavy atom. The highest BCUT2D eigenvalue weighted by molar-refractivity contribution is 7.47. The van der Waals surface area contributed by atoms with E-state index in [0.29, 0.717) is 23.9 Å². The summed E-state index contributed by atoms with van der Waals surface area (Å²) >= 11 is 0. The number of carbonyl (C=O) groups excluding carboxylic acids is 2. The van der Waals surface area contributed by atoms with Crippen LogP contribution in [0.25, 0.3) is 0 Å². The van der Waals surface area contributed by atoms with Gasteiger partial charge < -0.3 is 18.9 Å². The second kappa shape index (κ2) is 40.1. The maximum atomic E-state index is 12.7. The zero-order valence-electron chi connectivity index (χ0n) is 37.8. The number of phosphoric ester groups is 1. The summed E-state index contributed by atoms with van der Waals surface area (Å²) in [7, 11) is 1.44. The van der Waals surface area contributed by atoms with E-state index in [1.165, 1.54) is 83.5 Å². The highest BCUT2D eigenvalue weighted by Gasteiger charge is 2.27. The molecule has 0 aliphatic heterocycles. The SMILES string of the molecule is CCCCC/C=C/C/C=C/CCCCCCCCCC(=O)O[C@H](COC(=O)CCC/C=C/C/C=C/C/C=C/CCCCCCCC)COP(=O)(O)OCC[N+](C)(C)C. The zero-order chi connectivity index (χ0) is 42.8. The Morgan fingerprint density at radius 2 is 0.948 bits per heavy atom. The Bertz CT molecular complexity index is 1170. The van der Waals surface area contributed by atoms with Crippen LogP contribution in [-0.4, -0.2) is 74.9 Å². The van der Waals surface area contributed by atoms with Gasteiger partial charge in [-0.05, 0) is 77.0 Å². The van der Waals surface area contributed by atoms with Crippen LogP contribution < -0.4 is 0 Å². The van der Waals surface area contributed by atoms with Crippen LogP contribution in [0.2, 0.25) is 0 Å². The molecule has 0 saturated carbocycles. The number of hydrogen-bond donors (Lipinski definition) is 1. The molecule has 0 aliphatic rings. The van der Waals surface area contributed by atoms with Gasteiger partial charge in [-0.3, -0.25) is 18.6 Å². The van der Waals surface area contributed by atoms with Gasteiger partial charge >= 0.3 is 19.8 Å². The van der Waals surface area contributed by atoms with Crippen molar-refractivity contribution in [2.75, 3.05) is 47.5 Å². The van der Waals surface area contributed by atoms with Crippen LogP contribution in [0.4, 0.5) is 0 Å². The highest BCUT2D eigenvalue weighted by atomic mass is 31.2. The molecule has 0 aromatic heterocycles. The number of hydrogen-bond acceptors (Lipinski definition) is 7. The summed E-state index contributed by atoms with van der Waals surface area (Å²) < 4.78 is 34.3. The number of phosphoric acid groups is 1. The van der Waals surface area contributed by atoms with Gasteiger partial charge in [-0.2, -0.15) is 0 Å². The molecule has 1 N–H and O–H groups in total. The van der Waals surface area contributed by atoms with Gasteiger partial charge in [0.2, 0.25) is 0 Å². The molecule has 0 aromatic rings. The molecule has 10 heteroatoms. The molecule has 0 fully saturated rings. The number of esters is 2. The minimum Gasteiger partial charge on any atom is -0.462 e. The van der Waals surface area contributed by atoms with E-state index < -0.39 is 32.5 Å². The molecular formula is C48H87NO8P+. The molecule has 0 radical (unpaired) electrons. The molecular weight excluding hydrogens is 750 g/mol. The molecule has 336 valence electrons. The number of quaternary nitrogens is 1. The third-order valence-electron chi connectivity index (χ3n) is 9.52. The molecule has 1 unspecified atom stereocenters. The summed E-state index contributed by atoms with van der Waals surface area (Å²) in [4.78, 5) is 35.4. The first-order chi connectivity index (χ1) is 28.0. The summed E-state index contributed by atoms with van der Waals surface area (Å²) in [5, 5.41) is 0. The summed E-state index contributed by atoms with van der Waals surface area (Å²) in [5.74, 6) is -0.871. The van der Waals surface area contributed by atoms with Crippen molar-refractivity contribution in [1.82, 2.24) is 0 Å². The van der Waals surface area contributed by atoms with E-state index in [-0.39, 0.29) is 26.1 Å². The van der Waals surface area contributed by atoms with Crippen molar-refractivity contribution in [1.29, 1.82) is 0 Å². The molecule has 0 rings (SSSR count). The Balaban J connectivity index is 4.44. The van der Waals surface area contributed by atoms with Crippen LogP contribution in [-0.2, 0) is 32.7 Å². The van der Waals surface area contributed by atoms with Crippen LogP contribution >= 0.6 is 7.82 Å². The Morgan fingerprint density at radius 3 is 1.47 bits per heavy atom. The lowest BCUT2D eigenvalue weighted by Crippen LogP contribution is -2.37. The second-order valence-corrected chi connectivity index (χ2v) is 17.9. The van der Waals surface area contributed by atoms with Crippen LogP contribution in [0.5, 0.6) is 0 Å². The minimum absolute atomic E-state index is 0.0202. The van der Waals surface area contributed by atoms with Gasteiger partial charge in [-0.15, -0.1) is 0 Å². The molecule has 0 spiro atoms. The minimum atomic E-state index is -4.39. The molecule has 0 saturated heterocycles. The van der Waals surface area contributed by atoms with Gasteiger partial charge in [0.25, 0.3) is 0 Å². The van der Waals surface area contributed by atoms with E-state index in [4.69, 9.17) is 18.5 Å². The van der Waals surface area contributed by atoms with Gasteiger partial charge in [-0.25, -0.2) is 4.57 Å². The zero-order valence-corrected chi connectivity index (χ0v) is 38.7. The Labute approximate surface area is 356 Å². The van der Waals surface area contributed by atoms with Crippen molar-refractivity contribution in [2.24, 2.45) is 0 Å². The Hall–Kier alpha value is -2.29. The molecule has 2 atom stereocenters. The van der Waals surface area contributed by atoms with Crippen molar-refractivity contribution in [2.45, 2.75) is 187 Å². The average Bonchev–Trinajstić information content (AvgIpc) is 3.17. The van der Waals surface area contributed by atoms with Gasteiger partial charge in [0.1, 0.15) is 19.8 Å². The van der Waals surface area contributed by atoms with Gasteiger partial charge in [0, 0.05) is 12.8 Å². The molecule has 0 heterocycles. The van der Waals surface area contributed by atoms with Crippen molar-refractivity contribution < 1.29 is 42.1 Å². The van der Waals surface area contributed by atoms with Gasteiger partial charge in [-0.1, -0.05) is 152 Å². The van der Waals surface area contributed by atoms with Crippen molar-refractivity contribution >= 4 is 19.8 Å². The fourth-order valence-corrected chi connectivity index (χ4v) is 6.62. The predicted molar refractivity (Wildman–Crippen MR) is 243 cm³/mol. The predicted octanol–water partition coefficient (Wildman–Crippen LogP) is 13.2. The number of allylic oxidation sites excluding steroid dienone is 10. The fraction of sp³-hybridized carbons (Fsp3) is 0.750. The monoisotopic (exact) mass is 837 g/mol. The lowest BCUT2D eigenvalue weighted by molar-refractivity contribution is -0.870. The van der Waals surface area contributed by atoms with E-state index in [1.54, 1.807) is 0 Å². The number of likely N-dealkylation sites (N-methyl/N-ethyl adjacent to an activating group) is 1. The first-order valence-electron chi connectivity index (χ1n) is 23.0. The van der Waals surface area contributed by atoms with Crippen LogP contribution in [0.1, 0.15) is 181 Å². The first-order valence-corrected chi connectivity index (χ1v) is 24.5.